The molecule has 6 heteroatoms. The Labute approximate surface area is 172 Å². The lowest BCUT2D eigenvalue weighted by Crippen LogP contribution is -2.36. The summed E-state index contributed by atoms with van der Waals surface area (Å²) in [5, 5.41) is 2.92. The van der Waals surface area contributed by atoms with Gasteiger partial charge in [-0.25, -0.2) is 4.79 Å². The van der Waals surface area contributed by atoms with Crippen LogP contribution in [-0.2, 0) is 17.7 Å². The van der Waals surface area contributed by atoms with Crippen LogP contribution in [0.2, 0.25) is 0 Å². The molecular weight excluding hydrogens is 366 g/mol. The molecule has 2 heterocycles. The first-order chi connectivity index (χ1) is 13.9. The summed E-state index contributed by atoms with van der Waals surface area (Å²) < 4.78 is 4.86. The summed E-state index contributed by atoms with van der Waals surface area (Å²) in [6.45, 7) is 8.07. The Balaban J connectivity index is 1.69. The quantitative estimate of drug-likeness (QED) is 0.713. The summed E-state index contributed by atoms with van der Waals surface area (Å²) in [4.78, 5) is 30.4. The van der Waals surface area contributed by atoms with Gasteiger partial charge in [0.15, 0.2) is 0 Å². The summed E-state index contributed by atoms with van der Waals surface area (Å²) in [6, 6.07) is 8.62. The highest BCUT2D eigenvalue weighted by molar-refractivity contribution is 6.06. The fourth-order valence-corrected chi connectivity index (χ4v) is 4.04. The van der Waals surface area contributed by atoms with E-state index in [1.165, 1.54) is 31.9 Å². The minimum atomic E-state index is -0.425. The van der Waals surface area contributed by atoms with Crippen molar-refractivity contribution >= 4 is 17.6 Å². The normalized spacial score (nSPS) is 17.2. The van der Waals surface area contributed by atoms with Gasteiger partial charge in [-0.2, -0.15) is 0 Å². The zero-order chi connectivity index (χ0) is 21.0. The minimum Gasteiger partial charge on any atom is -0.465 e. The molecule has 3 rings (SSSR count). The van der Waals surface area contributed by atoms with E-state index in [0.717, 1.165) is 18.8 Å². The van der Waals surface area contributed by atoms with Crippen LogP contribution in [-0.4, -0.2) is 41.5 Å². The lowest BCUT2D eigenvalue weighted by molar-refractivity contribution is 0.0599. The van der Waals surface area contributed by atoms with Crippen molar-refractivity contribution in [3.63, 3.8) is 0 Å². The van der Waals surface area contributed by atoms with Gasteiger partial charge in [-0.3, -0.25) is 9.69 Å². The van der Waals surface area contributed by atoms with Crippen LogP contribution in [0.15, 0.2) is 24.3 Å². The number of likely N-dealkylation sites (tertiary alicyclic amines) is 1. The number of rotatable bonds is 6. The highest BCUT2D eigenvalue weighted by Crippen LogP contribution is 2.23. The van der Waals surface area contributed by atoms with Crippen molar-refractivity contribution in [1.82, 2.24) is 9.88 Å². The minimum absolute atomic E-state index is 0.259. The lowest BCUT2D eigenvalue weighted by atomic mass is 10.0. The molecule has 0 spiro atoms. The number of amides is 1. The third-order valence-corrected chi connectivity index (χ3v) is 5.84. The Morgan fingerprint density at radius 1 is 1.24 bits per heavy atom. The van der Waals surface area contributed by atoms with Gasteiger partial charge in [-0.1, -0.05) is 25.5 Å². The van der Waals surface area contributed by atoms with Gasteiger partial charge in [0.2, 0.25) is 0 Å². The van der Waals surface area contributed by atoms with Gasteiger partial charge in [0, 0.05) is 24.0 Å². The molecule has 1 aromatic heterocycles. The first kappa shape index (κ1) is 21.1. The maximum Gasteiger partial charge on any atom is 0.339 e. The number of methoxy groups -OCH3 is 1. The largest absolute Gasteiger partial charge is 0.465 e. The summed E-state index contributed by atoms with van der Waals surface area (Å²) in [5.74, 6) is -0.685. The van der Waals surface area contributed by atoms with Crippen LogP contribution < -0.4 is 5.32 Å². The van der Waals surface area contributed by atoms with Crippen LogP contribution in [0, 0.1) is 6.92 Å². The fourth-order valence-electron chi connectivity index (χ4n) is 4.04. The number of aromatic amines is 1. The smallest absolute Gasteiger partial charge is 0.339 e. The second-order valence-corrected chi connectivity index (χ2v) is 7.79. The molecule has 2 aromatic rings. The average Bonchev–Trinajstić information content (AvgIpc) is 3.07. The van der Waals surface area contributed by atoms with Crippen molar-refractivity contribution in [3.05, 3.63) is 52.3 Å². The molecule has 1 atom stereocenters. The Morgan fingerprint density at radius 2 is 1.97 bits per heavy atom. The molecule has 0 radical (unpaired) electrons. The summed E-state index contributed by atoms with van der Waals surface area (Å²) in [7, 11) is 1.35. The predicted molar refractivity (Wildman–Crippen MR) is 114 cm³/mol. The molecule has 156 valence electrons. The number of nitrogens with one attached hydrogen (secondary N) is 2. The number of H-pyrrole nitrogens is 1. The first-order valence-electron chi connectivity index (χ1n) is 10.4. The van der Waals surface area contributed by atoms with Gasteiger partial charge in [0.05, 0.1) is 12.7 Å². The number of aryl methyl sites for hydroxylation is 1. The van der Waals surface area contributed by atoms with Gasteiger partial charge < -0.3 is 15.0 Å². The van der Waals surface area contributed by atoms with Crippen LogP contribution in [0.4, 0.5) is 5.69 Å². The van der Waals surface area contributed by atoms with Crippen molar-refractivity contribution in [1.29, 1.82) is 0 Å². The van der Waals surface area contributed by atoms with Gasteiger partial charge >= 0.3 is 5.97 Å². The van der Waals surface area contributed by atoms with Crippen LogP contribution in [0.5, 0.6) is 0 Å². The number of nitrogens with zero attached hydrogens (tertiary/aromatic N) is 1. The number of carbonyl (C=O) groups is 2. The van der Waals surface area contributed by atoms with E-state index in [-0.39, 0.29) is 5.91 Å². The molecule has 6 nitrogen and oxygen atoms in total. The number of carbonyl (C=O) groups excluding carboxylic acids is 2. The average molecular weight is 398 g/mol. The number of ether oxygens (including phenoxy) is 1. The Morgan fingerprint density at radius 3 is 2.59 bits per heavy atom. The van der Waals surface area contributed by atoms with E-state index in [1.807, 2.05) is 19.1 Å². The number of anilines is 1. The highest BCUT2D eigenvalue weighted by atomic mass is 16.5. The maximum atomic E-state index is 12.8. The van der Waals surface area contributed by atoms with E-state index in [1.54, 1.807) is 6.92 Å². The van der Waals surface area contributed by atoms with Crippen molar-refractivity contribution in [2.75, 3.05) is 19.0 Å². The molecule has 1 aliphatic heterocycles. The topological polar surface area (TPSA) is 74.4 Å². The Hall–Kier alpha value is -2.60. The Kier molecular flexibility index (Phi) is 6.75. The molecule has 0 aliphatic carbocycles. The fraction of sp³-hybridized carbons (Fsp3) is 0.478. The zero-order valence-corrected chi connectivity index (χ0v) is 17.8. The molecule has 1 aromatic carbocycles. The molecule has 1 aliphatic rings. The van der Waals surface area contributed by atoms with Gasteiger partial charge in [0.1, 0.15) is 5.69 Å². The maximum absolute atomic E-state index is 12.8. The van der Waals surface area contributed by atoms with E-state index in [9.17, 15) is 9.59 Å². The molecule has 0 unspecified atom stereocenters. The van der Waals surface area contributed by atoms with Crippen molar-refractivity contribution in [2.45, 2.75) is 59.0 Å². The SMILES string of the molecule is CCc1[nH]c(C(=O)Nc2ccc(CN3CCCC[C@H]3C)cc2)c(C)c1C(=O)OC. The number of hydrogen-bond donors (Lipinski definition) is 2. The molecule has 0 bridgehead atoms. The van der Waals surface area contributed by atoms with Crippen molar-refractivity contribution < 1.29 is 14.3 Å². The molecule has 1 fully saturated rings. The Bertz CT molecular complexity index is 870. The number of hydrogen-bond acceptors (Lipinski definition) is 4. The van der Waals surface area contributed by atoms with Crippen molar-refractivity contribution in [3.8, 4) is 0 Å². The number of piperidine rings is 1. The van der Waals surface area contributed by atoms with E-state index >= 15 is 0 Å². The standard InChI is InChI=1S/C23H31N3O3/c1-5-19-20(23(28)29-4)16(3)21(25-19)22(27)24-18-11-9-17(10-12-18)14-26-13-7-6-8-15(26)2/h9-12,15,25H,5-8,13-14H2,1-4H3,(H,24,27)/t15-/m1/s1. The summed E-state index contributed by atoms with van der Waals surface area (Å²) in [6.07, 6.45) is 4.46. The van der Waals surface area contributed by atoms with Gasteiger partial charge in [-0.15, -0.1) is 0 Å². The monoisotopic (exact) mass is 397 g/mol. The third-order valence-electron chi connectivity index (χ3n) is 5.84. The van der Waals surface area contributed by atoms with Crippen LogP contribution >= 0.6 is 0 Å². The number of esters is 1. The number of aromatic nitrogens is 1. The van der Waals surface area contributed by atoms with E-state index in [2.05, 4.69) is 34.3 Å². The second kappa shape index (κ2) is 9.27. The molecular formula is C23H31N3O3. The molecule has 1 amide bonds. The lowest BCUT2D eigenvalue weighted by Gasteiger charge is -2.33. The van der Waals surface area contributed by atoms with E-state index in [0.29, 0.717) is 35.0 Å². The van der Waals surface area contributed by atoms with Crippen LogP contribution in [0.3, 0.4) is 0 Å². The molecule has 29 heavy (non-hydrogen) atoms. The predicted octanol–water partition coefficient (Wildman–Crippen LogP) is 4.30. The molecule has 1 saturated heterocycles. The van der Waals surface area contributed by atoms with Gasteiger partial charge in [-0.05, 0) is 62.9 Å². The van der Waals surface area contributed by atoms with Gasteiger partial charge in [0.25, 0.3) is 5.91 Å². The second-order valence-electron chi connectivity index (χ2n) is 7.79. The van der Waals surface area contributed by atoms with Crippen LogP contribution in [0.1, 0.15) is 70.8 Å². The zero-order valence-electron chi connectivity index (χ0n) is 17.8. The van der Waals surface area contributed by atoms with E-state index in [4.69, 9.17) is 4.74 Å². The summed E-state index contributed by atoms with van der Waals surface area (Å²) in [5.41, 5.74) is 4.15. The molecule has 2 N–H and O–H groups in total. The van der Waals surface area contributed by atoms with Crippen LogP contribution in [0.25, 0.3) is 0 Å². The van der Waals surface area contributed by atoms with E-state index < -0.39 is 5.97 Å². The molecule has 0 saturated carbocycles. The summed E-state index contributed by atoms with van der Waals surface area (Å²) >= 11 is 0. The highest BCUT2D eigenvalue weighted by Gasteiger charge is 2.24. The van der Waals surface area contributed by atoms with Crippen molar-refractivity contribution in [2.24, 2.45) is 0 Å². The third kappa shape index (κ3) is 4.70. The number of benzene rings is 1. The first-order valence-corrected chi connectivity index (χ1v) is 10.4.